The second kappa shape index (κ2) is 6.40. The minimum Gasteiger partial charge on any atom is -0.481 e. The van der Waals surface area contributed by atoms with Crippen molar-refractivity contribution >= 4 is 11.9 Å². The van der Waals surface area contributed by atoms with Gasteiger partial charge in [-0.15, -0.1) is 0 Å². The van der Waals surface area contributed by atoms with Crippen molar-refractivity contribution in [3.05, 3.63) is 0 Å². The smallest absolute Gasteiger partial charge is 0.303 e. The fraction of sp³-hybridized carbons (Fsp3) is 0.800. The number of carboxylic acids is 2. The Morgan fingerprint density at radius 3 is 2.07 bits per heavy atom. The van der Waals surface area contributed by atoms with E-state index in [4.69, 9.17) is 10.2 Å². The van der Waals surface area contributed by atoms with E-state index in [9.17, 15) is 9.59 Å². The van der Waals surface area contributed by atoms with E-state index in [1.165, 1.54) is 0 Å². The van der Waals surface area contributed by atoms with Gasteiger partial charge in [-0.05, 0) is 24.7 Å². The van der Waals surface area contributed by atoms with Crippen molar-refractivity contribution in [2.24, 2.45) is 11.8 Å². The summed E-state index contributed by atoms with van der Waals surface area (Å²) in [6, 6.07) is 0. The molecule has 0 fully saturated rings. The minimum atomic E-state index is -0.789. The number of rotatable bonds is 7. The van der Waals surface area contributed by atoms with Crippen LogP contribution in [0.1, 0.15) is 39.5 Å². The average molecular weight is 202 g/mol. The summed E-state index contributed by atoms with van der Waals surface area (Å²) in [6.07, 6.45) is 1.73. The molecule has 2 atom stereocenters. The quantitative estimate of drug-likeness (QED) is 0.662. The molecule has 82 valence electrons. The molecule has 0 aliphatic carbocycles. The normalized spacial score (nSPS) is 14.7. The number of aliphatic carboxylic acids is 2. The van der Waals surface area contributed by atoms with E-state index >= 15 is 0 Å². The first-order valence-electron chi connectivity index (χ1n) is 4.85. The lowest BCUT2D eigenvalue weighted by Crippen LogP contribution is -2.09. The fourth-order valence-electron chi connectivity index (χ4n) is 1.56. The molecule has 0 aliphatic heterocycles. The van der Waals surface area contributed by atoms with Crippen LogP contribution in [0.5, 0.6) is 0 Å². The third-order valence-corrected chi connectivity index (χ3v) is 2.18. The predicted molar refractivity (Wildman–Crippen MR) is 52.1 cm³/mol. The van der Waals surface area contributed by atoms with Crippen molar-refractivity contribution in [2.45, 2.75) is 39.5 Å². The summed E-state index contributed by atoms with van der Waals surface area (Å²) in [7, 11) is 0. The number of hydrogen-bond acceptors (Lipinski definition) is 2. The van der Waals surface area contributed by atoms with Gasteiger partial charge >= 0.3 is 11.9 Å². The van der Waals surface area contributed by atoms with Crippen molar-refractivity contribution in [1.82, 2.24) is 0 Å². The average Bonchev–Trinajstić information content (AvgIpc) is 1.98. The minimum absolute atomic E-state index is 0.122. The maximum absolute atomic E-state index is 10.4. The second-order valence-electron chi connectivity index (χ2n) is 3.98. The molecule has 0 aromatic heterocycles. The third kappa shape index (κ3) is 7.58. The van der Waals surface area contributed by atoms with Crippen LogP contribution in [0, 0.1) is 11.8 Å². The molecular formula is C10H18O4. The summed E-state index contributed by atoms with van der Waals surface area (Å²) in [4.78, 5) is 20.6. The summed E-state index contributed by atoms with van der Waals surface area (Å²) in [5, 5.41) is 17.0. The van der Waals surface area contributed by atoms with Crippen molar-refractivity contribution < 1.29 is 19.8 Å². The van der Waals surface area contributed by atoms with Gasteiger partial charge < -0.3 is 10.2 Å². The van der Waals surface area contributed by atoms with Gasteiger partial charge in [-0.3, -0.25) is 9.59 Å². The van der Waals surface area contributed by atoms with Crippen LogP contribution in [0.4, 0.5) is 0 Å². The van der Waals surface area contributed by atoms with Gasteiger partial charge in [0.05, 0.1) is 0 Å². The van der Waals surface area contributed by atoms with Gasteiger partial charge in [-0.1, -0.05) is 13.8 Å². The molecule has 2 N–H and O–H groups in total. The molecule has 4 heteroatoms. The molecular weight excluding hydrogens is 184 g/mol. The lowest BCUT2D eigenvalue weighted by molar-refractivity contribution is -0.139. The van der Waals surface area contributed by atoms with Gasteiger partial charge in [0.2, 0.25) is 0 Å². The number of carbonyl (C=O) groups is 2. The molecule has 14 heavy (non-hydrogen) atoms. The van der Waals surface area contributed by atoms with E-state index in [1.54, 1.807) is 0 Å². The van der Waals surface area contributed by atoms with Gasteiger partial charge in [0.15, 0.2) is 0 Å². The van der Waals surface area contributed by atoms with Gasteiger partial charge in [0.25, 0.3) is 0 Å². The first kappa shape index (κ1) is 12.9. The summed E-state index contributed by atoms with van der Waals surface area (Å²) in [5.74, 6) is -1.18. The highest BCUT2D eigenvalue weighted by molar-refractivity contribution is 5.67. The topological polar surface area (TPSA) is 74.6 Å². The molecule has 0 radical (unpaired) electrons. The predicted octanol–water partition coefficient (Wildman–Crippen LogP) is 1.99. The van der Waals surface area contributed by atoms with Crippen molar-refractivity contribution in [2.75, 3.05) is 0 Å². The molecule has 0 saturated heterocycles. The van der Waals surface area contributed by atoms with Gasteiger partial charge in [0, 0.05) is 12.8 Å². The lowest BCUT2D eigenvalue weighted by Gasteiger charge is -2.14. The monoisotopic (exact) mass is 202 g/mol. The van der Waals surface area contributed by atoms with Crippen LogP contribution in [-0.4, -0.2) is 22.2 Å². The van der Waals surface area contributed by atoms with Crippen molar-refractivity contribution in [3.63, 3.8) is 0 Å². The highest BCUT2D eigenvalue weighted by Gasteiger charge is 2.12. The van der Waals surface area contributed by atoms with E-state index in [0.717, 1.165) is 6.42 Å². The molecule has 0 rings (SSSR count). The fourth-order valence-corrected chi connectivity index (χ4v) is 1.56. The van der Waals surface area contributed by atoms with E-state index in [1.807, 2.05) is 13.8 Å². The Hall–Kier alpha value is -1.06. The summed E-state index contributed by atoms with van der Waals surface area (Å²) < 4.78 is 0. The van der Waals surface area contributed by atoms with E-state index in [0.29, 0.717) is 6.42 Å². The van der Waals surface area contributed by atoms with E-state index in [-0.39, 0.29) is 24.7 Å². The zero-order valence-corrected chi connectivity index (χ0v) is 8.69. The Labute approximate surface area is 83.9 Å². The third-order valence-electron chi connectivity index (χ3n) is 2.18. The van der Waals surface area contributed by atoms with Crippen molar-refractivity contribution in [3.8, 4) is 0 Å². The summed E-state index contributed by atoms with van der Waals surface area (Å²) in [5.41, 5.74) is 0. The van der Waals surface area contributed by atoms with Gasteiger partial charge in [-0.2, -0.15) is 0 Å². The van der Waals surface area contributed by atoms with Crippen LogP contribution in [0.15, 0.2) is 0 Å². The molecule has 0 bridgehead atoms. The Kier molecular flexibility index (Phi) is 5.92. The van der Waals surface area contributed by atoms with Gasteiger partial charge in [-0.25, -0.2) is 0 Å². The first-order valence-corrected chi connectivity index (χ1v) is 4.85. The van der Waals surface area contributed by atoms with E-state index < -0.39 is 11.9 Å². The SMILES string of the molecule is CC(CCC(=O)O)CC(C)CC(=O)O. The van der Waals surface area contributed by atoms with Crippen LogP contribution in [0.2, 0.25) is 0 Å². The Morgan fingerprint density at radius 2 is 1.64 bits per heavy atom. The van der Waals surface area contributed by atoms with Crippen LogP contribution >= 0.6 is 0 Å². The van der Waals surface area contributed by atoms with Crippen LogP contribution in [-0.2, 0) is 9.59 Å². The molecule has 0 heterocycles. The number of hydrogen-bond donors (Lipinski definition) is 2. The maximum atomic E-state index is 10.4. The molecule has 0 spiro atoms. The highest BCUT2D eigenvalue weighted by atomic mass is 16.4. The largest absolute Gasteiger partial charge is 0.481 e. The summed E-state index contributed by atoms with van der Waals surface area (Å²) in [6.45, 7) is 3.84. The molecule has 0 aliphatic rings. The standard InChI is InChI=1S/C10H18O4/c1-7(3-4-9(11)12)5-8(2)6-10(13)14/h7-8H,3-6H2,1-2H3,(H,11,12)(H,13,14). The Balaban J connectivity index is 3.65. The zero-order valence-electron chi connectivity index (χ0n) is 8.69. The maximum Gasteiger partial charge on any atom is 0.303 e. The second-order valence-corrected chi connectivity index (χ2v) is 3.98. The van der Waals surface area contributed by atoms with Gasteiger partial charge in [0.1, 0.15) is 0 Å². The summed E-state index contributed by atoms with van der Waals surface area (Å²) >= 11 is 0. The first-order chi connectivity index (χ1) is 6.41. The molecule has 2 unspecified atom stereocenters. The molecule has 0 aromatic carbocycles. The zero-order chi connectivity index (χ0) is 11.1. The van der Waals surface area contributed by atoms with Crippen LogP contribution < -0.4 is 0 Å². The van der Waals surface area contributed by atoms with Crippen LogP contribution in [0.25, 0.3) is 0 Å². The Morgan fingerprint density at radius 1 is 1.07 bits per heavy atom. The molecule has 0 amide bonds. The molecule has 4 nitrogen and oxygen atoms in total. The van der Waals surface area contributed by atoms with Crippen LogP contribution in [0.3, 0.4) is 0 Å². The highest BCUT2D eigenvalue weighted by Crippen LogP contribution is 2.18. The van der Waals surface area contributed by atoms with E-state index in [2.05, 4.69) is 0 Å². The Bertz CT molecular complexity index is 200. The number of carboxylic acid groups (broad SMARTS) is 2. The van der Waals surface area contributed by atoms with Crippen molar-refractivity contribution in [1.29, 1.82) is 0 Å². The molecule has 0 saturated carbocycles. The molecule has 0 aromatic rings. The lowest BCUT2D eigenvalue weighted by atomic mass is 9.92.